The van der Waals surface area contributed by atoms with Crippen LogP contribution in [0.1, 0.15) is 44.2 Å². The molecule has 1 saturated heterocycles. The third-order valence-electron chi connectivity index (χ3n) is 5.57. The summed E-state index contributed by atoms with van der Waals surface area (Å²) in [4.78, 5) is 26.7. The van der Waals surface area contributed by atoms with Gasteiger partial charge < -0.3 is 14.6 Å². The van der Waals surface area contributed by atoms with Gasteiger partial charge in [0.2, 0.25) is 0 Å². The number of anilines is 1. The highest BCUT2D eigenvalue weighted by atomic mass is 32.1. The van der Waals surface area contributed by atoms with E-state index in [4.69, 9.17) is 21.9 Å². The zero-order valence-corrected chi connectivity index (χ0v) is 17.1. The Morgan fingerprint density at radius 1 is 1.19 bits per heavy atom. The van der Waals surface area contributed by atoms with Gasteiger partial charge in [-0.25, -0.2) is 4.98 Å². The number of nitrogens with one attached hydrogen (secondary N) is 2. The monoisotopic (exact) mass is 402 g/mol. The van der Waals surface area contributed by atoms with Crippen LogP contribution in [0.2, 0.25) is 0 Å². The molecule has 0 atom stereocenters. The van der Waals surface area contributed by atoms with Gasteiger partial charge in [0.15, 0.2) is 4.77 Å². The first-order valence-corrected chi connectivity index (χ1v) is 10.6. The van der Waals surface area contributed by atoms with Gasteiger partial charge in [-0.05, 0) is 50.9 Å². The number of aromatic nitrogens is 3. The van der Waals surface area contributed by atoms with Gasteiger partial charge in [-0.3, -0.25) is 9.78 Å². The molecule has 0 aliphatic carbocycles. The van der Waals surface area contributed by atoms with Gasteiger partial charge in [-0.1, -0.05) is 0 Å². The Morgan fingerprint density at radius 3 is 2.74 bits per heavy atom. The number of hydrogen-bond acceptors (Lipinski definition) is 6. The highest BCUT2D eigenvalue weighted by Gasteiger charge is 2.33. The van der Waals surface area contributed by atoms with Crippen molar-refractivity contribution in [2.75, 3.05) is 18.0 Å². The summed E-state index contributed by atoms with van der Waals surface area (Å²) < 4.78 is 7.16. The molecular formula is C19H22N4O2S2. The van der Waals surface area contributed by atoms with Crippen molar-refractivity contribution in [3.8, 4) is 0 Å². The summed E-state index contributed by atoms with van der Waals surface area (Å²) in [5.74, 6) is 1.04. The number of thiophene rings is 1. The zero-order chi connectivity index (χ0) is 18.8. The first-order valence-electron chi connectivity index (χ1n) is 9.42. The van der Waals surface area contributed by atoms with Crippen LogP contribution < -0.4 is 10.5 Å². The van der Waals surface area contributed by atoms with E-state index in [0.717, 1.165) is 41.1 Å². The van der Waals surface area contributed by atoms with Crippen molar-refractivity contribution in [3.05, 3.63) is 26.3 Å². The van der Waals surface area contributed by atoms with Crippen molar-refractivity contribution in [1.29, 1.82) is 0 Å². The average molecular weight is 403 g/mol. The van der Waals surface area contributed by atoms with Crippen LogP contribution >= 0.6 is 23.6 Å². The fourth-order valence-electron chi connectivity index (χ4n) is 4.27. The van der Waals surface area contributed by atoms with E-state index in [2.05, 4.69) is 28.7 Å². The van der Waals surface area contributed by atoms with E-state index >= 15 is 0 Å². The second kappa shape index (κ2) is 6.12. The lowest BCUT2D eigenvalue weighted by molar-refractivity contribution is -0.0395. The minimum absolute atomic E-state index is 0.142. The van der Waals surface area contributed by atoms with Crippen LogP contribution in [0, 0.1) is 4.77 Å². The summed E-state index contributed by atoms with van der Waals surface area (Å²) in [6.45, 7) is 6.85. The molecule has 0 bridgehead atoms. The third kappa shape index (κ3) is 2.81. The standard InChI is InChI=1S/C19H22N4O2S2/c1-19(2)8-10-11(9-25-19)15(23-6-4-3-5-7-23)21-17-12(10)13-14(27-17)16(24)22-18(26)20-13/h3-9H2,1-2H3,(H2,20,22,24,26). The molecule has 0 amide bonds. The summed E-state index contributed by atoms with van der Waals surface area (Å²) in [7, 11) is 0. The van der Waals surface area contributed by atoms with Crippen LogP contribution in [-0.4, -0.2) is 33.6 Å². The molecule has 5 rings (SSSR count). The SMILES string of the molecule is CC1(C)Cc2c(c(N3CCCCC3)nc3sc4c(=O)[nH]c(=S)[nH]c4c23)CO1. The van der Waals surface area contributed by atoms with Gasteiger partial charge in [0.05, 0.1) is 17.7 Å². The maximum atomic E-state index is 12.5. The molecule has 0 saturated carbocycles. The average Bonchev–Trinajstić information content (AvgIpc) is 3.00. The molecule has 1 fully saturated rings. The van der Waals surface area contributed by atoms with Crippen LogP contribution in [0.25, 0.3) is 20.4 Å². The largest absolute Gasteiger partial charge is 0.370 e. The fourth-order valence-corrected chi connectivity index (χ4v) is 5.52. The predicted octanol–water partition coefficient (Wildman–Crippen LogP) is 4.04. The highest BCUT2D eigenvalue weighted by molar-refractivity contribution is 7.71. The van der Waals surface area contributed by atoms with Crippen LogP contribution in [0.4, 0.5) is 5.82 Å². The molecule has 2 aliphatic heterocycles. The molecule has 27 heavy (non-hydrogen) atoms. The Bertz CT molecular complexity index is 1170. The number of nitrogens with zero attached hydrogens (tertiary/aromatic N) is 2. The van der Waals surface area contributed by atoms with Crippen molar-refractivity contribution in [2.24, 2.45) is 0 Å². The van der Waals surface area contributed by atoms with Crippen molar-refractivity contribution >= 4 is 49.8 Å². The third-order valence-corrected chi connectivity index (χ3v) is 6.86. The number of hydrogen-bond donors (Lipinski definition) is 2. The molecule has 8 heteroatoms. The van der Waals surface area contributed by atoms with Crippen molar-refractivity contribution in [1.82, 2.24) is 15.0 Å². The molecule has 0 aromatic carbocycles. The van der Waals surface area contributed by atoms with E-state index in [1.807, 2.05) is 0 Å². The van der Waals surface area contributed by atoms with Crippen LogP contribution in [0.5, 0.6) is 0 Å². The van der Waals surface area contributed by atoms with Crippen LogP contribution in [0.3, 0.4) is 0 Å². The minimum atomic E-state index is -0.243. The van der Waals surface area contributed by atoms with Crippen molar-refractivity contribution in [2.45, 2.75) is 51.7 Å². The lowest BCUT2D eigenvalue weighted by atomic mass is 9.90. The minimum Gasteiger partial charge on any atom is -0.370 e. The first kappa shape index (κ1) is 17.3. The first-order chi connectivity index (χ1) is 12.9. The number of H-pyrrole nitrogens is 2. The lowest BCUT2D eigenvalue weighted by Crippen LogP contribution is -2.36. The van der Waals surface area contributed by atoms with Crippen LogP contribution in [-0.2, 0) is 17.8 Å². The Balaban J connectivity index is 1.86. The van der Waals surface area contributed by atoms with E-state index < -0.39 is 0 Å². The summed E-state index contributed by atoms with van der Waals surface area (Å²) in [5, 5.41) is 1.04. The molecule has 2 aliphatic rings. The number of pyridine rings is 1. The van der Waals surface area contributed by atoms with E-state index in [9.17, 15) is 4.79 Å². The fraction of sp³-hybridized carbons (Fsp3) is 0.526. The molecule has 0 spiro atoms. The molecule has 6 nitrogen and oxygen atoms in total. The van der Waals surface area contributed by atoms with Gasteiger partial charge >= 0.3 is 0 Å². The second-order valence-corrected chi connectivity index (χ2v) is 9.47. The number of piperidine rings is 1. The maximum Gasteiger partial charge on any atom is 0.269 e. The van der Waals surface area contributed by atoms with E-state index in [1.165, 1.54) is 41.7 Å². The number of fused-ring (bicyclic) bond motifs is 5. The Labute approximate surface area is 165 Å². The maximum absolute atomic E-state index is 12.5. The topological polar surface area (TPSA) is 74.0 Å². The molecule has 2 N–H and O–H groups in total. The molecule has 0 unspecified atom stereocenters. The Morgan fingerprint density at radius 2 is 1.96 bits per heavy atom. The van der Waals surface area contributed by atoms with Crippen molar-refractivity contribution < 1.29 is 4.74 Å². The molecule has 3 aromatic rings. The van der Waals surface area contributed by atoms with Crippen molar-refractivity contribution in [3.63, 3.8) is 0 Å². The van der Waals surface area contributed by atoms with Gasteiger partial charge in [0.25, 0.3) is 5.56 Å². The summed E-state index contributed by atoms with van der Waals surface area (Å²) in [6, 6.07) is 0. The Hall–Kier alpha value is -1.77. The predicted molar refractivity (Wildman–Crippen MR) is 112 cm³/mol. The summed E-state index contributed by atoms with van der Waals surface area (Å²) in [5.41, 5.74) is 2.85. The smallest absolute Gasteiger partial charge is 0.269 e. The number of rotatable bonds is 1. The number of aromatic amines is 2. The molecule has 5 heterocycles. The van der Waals surface area contributed by atoms with E-state index in [-0.39, 0.29) is 11.2 Å². The number of ether oxygens (including phenoxy) is 1. The van der Waals surface area contributed by atoms with Gasteiger partial charge in [0.1, 0.15) is 15.3 Å². The van der Waals surface area contributed by atoms with Crippen LogP contribution in [0.15, 0.2) is 4.79 Å². The molecule has 0 radical (unpaired) electrons. The van der Waals surface area contributed by atoms with Gasteiger partial charge in [-0.2, -0.15) is 0 Å². The summed E-state index contributed by atoms with van der Waals surface area (Å²) in [6.07, 6.45) is 4.46. The molecular weight excluding hydrogens is 380 g/mol. The summed E-state index contributed by atoms with van der Waals surface area (Å²) >= 11 is 6.67. The second-order valence-electron chi connectivity index (χ2n) is 8.06. The van der Waals surface area contributed by atoms with E-state index in [1.54, 1.807) is 0 Å². The molecule has 142 valence electrons. The lowest BCUT2D eigenvalue weighted by Gasteiger charge is -2.36. The zero-order valence-electron chi connectivity index (χ0n) is 15.5. The quantitative estimate of drug-likeness (QED) is 0.601. The molecule has 3 aromatic heterocycles. The normalized spacial score (nSPS) is 19.6. The van der Waals surface area contributed by atoms with Gasteiger partial charge in [0, 0.05) is 30.5 Å². The highest BCUT2D eigenvalue weighted by Crippen LogP contribution is 2.42. The Kier molecular flexibility index (Phi) is 3.93. The van der Waals surface area contributed by atoms with E-state index in [0.29, 0.717) is 16.1 Å². The van der Waals surface area contributed by atoms with Gasteiger partial charge in [-0.15, -0.1) is 11.3 Å².